The molecule has 0 saturated carbocycles. The molecule has 0 atom stereocenters. The van der Waals surface area contributed by atoms with E-state index in [0.29, 0.717) is 5.56 Å². The summed E-state index contributed by atoms with van der Waals surface area (Å²) in [5.74, 6) is 0.648. The first kappa shape index (κ1) is 19.4. The van der Waals surface area contributed by atoms with Crippen molar-refractivity contribution in [1.82, 2.24) is 4.98 Å². The number of hydrogen-bond donors (Lipinski definition) is 1. The van der Waals surface area contributed by atoms with Crippen LogP contribution in [0.4, 0.5) is 22.9 Å². The summed E-state index contributed by atoms with van der Waals surface area (Å²) in [5.41, 5.74) is 4.66. The van der Waals surface area contributed by atoms with Crippen LogP contribution in [0, 0.1) is 6.92 Å². The lowest BCUT2D eigenvalue weighted by molar-refractivity contribution is 0.102. The fourth-order valence-electron chi connectivity index (χ4n) is 3.00. The molecule has 3 rings (SSSR count). The SMILES string of the molecule is CCN(c1cccc(C)c1)c1ccc(C(=O)Nc2ccc(N(C)C)cc2)cn1. The van der Waals surface area contributed by atoms with Crippen molar-refractivity contribution in [2.45, 2.75) is 13.8 Å². The second kappa shape index (κ2) is 8.57. The Hall–Kier alpha value is -3.34. The molecule has 2 aromatic carbocycles. The van der Waals surface area contributed by atoms with E-state index in [-0.39, 0.29) is 5.91 Å². The molecule has 144 valence electrons. The van der Waals surface area contributed by atoms with E-state index < -0.39 is 0 Å². The molecule has 1 aromatic heterocycles. The number of pyridine rings is 1. The summed E-state index contributed by atoms with van der Waals surface area (Å²) in [4.78, 5) is 21.2. The monoisotopic (exact) mass is 374 g/mol. The molecule has 0 unspecified atom stereocenters. The van der Waals surface area contributed by atoms with Crippen molar-refractivity contribution in [3.8, 4) is 0 Å². The van der Waals surface area contributed by atoms with Gasteiger partial charge in [0.2, 0.25) is 0 Å². The molecule has 0 bridgehead atoms. The second-order valence-electron chi connectivity index (χ2n) is 6.88. The number of nitrogens with one attached hydrogen (secondary N) is 1. The Kier molecular flexibility index (Phi) is 5.94. The number of aromatic nitrogens is 1. The fraction of sp³-hybridized carbons (Fsp3) is 0.217. The van der Waals surface area contributed by atoms with E-state index in [2.05, 4.69) is 47.2 Å². The highest BCUT2D eigenvalue weighted by atomic mass is 16.1. The first-order valence-corrected chi connectivity index (χ1v) is 9.37. The van der Waals surface area contributed by atoms with Gasteiger partial charge in [0.1, 0.15) is 5.82 Å². The Bertz CT molecular complexity index is 934. The van der Waals surface area contributed by atoms with E-state index in [4.69, 9.17) is 0 Å². The van der Waals surface area contributed by atoms with Gasteiger partial charge >= 0.3 is 0 Å². The van der Waals surface area contributed by atoms with Crippen LogP contribution in [-0.2, 0) is 0 Å². The van der Waals surface area contributed by atoms with E-state index in [9.17, 15) is 4.79 Å². The fourth-order valence-corrected chi connectivity index (χ4v) is 3.00. The molecule has 5 heteroatoms. The number of carbonyl (C=O) groups is 1. The number of benzene rings is 2. The smallest absolute Gasteiger partial charge is 0.257 e. The van der Waals surface area contributed by atoms with Crippen molar-refractivity contribution in [2.24, 2.45) is 0 Å². The molecule has 0 aliphatic rings. The Labute approximate surface area is 166 Å². The van der Waals surface area contributed by atoms with Crippen LogP contribution >= 0.6 is 0 Å². The van der Waals surface area contributed by atoms with Crippen LogP contribution in [0.1, 0.15) is 22.8 Å². The lowest BCUT2D eigenvalue weighted by Gasteiger charge is -2.22. The maximum Gasteiger partial charge on any atom is 0.257 e. The molecule has 0 fully saturated rings. The third kappa shape index (κ3) is 4.49. The van der Waals surface area contributed by atoms with E-state index in [1.807, 2.05) is 61.5 Å². The van der Waals surface area contributed by atoms with E-state index in [1.54, 1.807) is 6.20 Å². The number of hydrogen-bond acceptors (Lipinski definition) is 4. The Morgan fingerprint density at radius 3 is 2.32 bits per heavy atom. The van der Waals surface area contributed by atoms with Gasteiger partial charge in [-0.3, -0.25) is 4.79 Å². The summed E-state index contributed by atoms with van der Waals surface area (Å²) in [5, 5.41) is 2.92. The average molecular weight is 374 g/mol. The second-order valence-corrected chi connectivity index (χ2v) is 6.88. The first-order chi connectivity index (χ1) is 13.5. The molecule has 0 radical (unpaired) electrons. The van der Waals surface area contributed by atoms with Crippen molar-refractivity contribution < 1.29 is 4.79 Å². The van der Waals surface area contributed by atoms with Gasteiger partial charge in [0.05, 0.1) is 5.56 Å². The Morgan fingerprint density at radius 2 is 1.75 bits per heavy atom. The van der Waals surface area contributed by atoms with Gasteiger partial charge in [-0.15, -0.1) is 0 Å². The van der Waals surface area contributed by atoms with Gasteiger partial charge in [-0.05, 0) is 67.9 Å². The van der Waals surface area contributed by atoms with E-state index >= 15 is 0 Å². The van der Waals surface area contributed by atoms with Gasteiger partial charge < -0.3 is 15.1 Å². The third-order valence-electron chi connectivity index (χ3n) is 4.56. The van der Waals surface area contributed by atoms with Crippen molar-refractivity contribution in [3.63, 3.8) is 0 Å². The van der Waals surface area contributed by atoms with Crippen molar-refractivity contribution in [2.75, 3.05) is 35.8 Å². The molecular formula is C23H26N4O. The van der Waals surface area contributed by atoms with Gasteiger partial charge in [-0.2, -0.15) is 0 Å². The highest BCUT2D eigenvalue weighted by Crippen LogP contribution is 2.24. The molecular weight excluding hydrogens is 348 g/mol. The largest absolute Gasteiger partial charge is 0.378 e. The van der Waals surface area contributed by atoms with Gasteiger partial charge in [0.15, 0.2) is 0 Å². The summed E-state index contributed by atoms with van der Waals surface area (Å²) in [6, 6.07) is 19.7. The Balaban J connectivity index is 1.73. The van der Waals surface area contributed by atoms with Crippen LogP contribution in [-0.4, -0.2) is 31.5 Å². The molecule has 5 nitrogen and oxygen atoms in total. The van der Waals surface area contributed by atoms with Gasteiger partial charge in [-0.25, -0.2) is 4.98 Å². The topological polar surface area (TPSA) is 48.5 Å². The molecule has 28 heavy (non-hydrogen) atoms. The average Bonchev–Trinajstić information content (AvgIpc) is 2.69. The highest BCUT2D eigenvalue weighted by Gasteiger charge is 2.11. The molecule has 0 spiro atoms. The van der Waals surface area contributed by atoms with E-state index in [1.165, 1.54) is 5.56 Å². The van der Waals surface area contributed by atoms with Gasteiger partial charge in [0, 0.05) is 43.9 Å². The van der Waals surface area contributed by atoms with Crippen LogP contribution in [0.25, 0.3) is 0 Å². The van der Waals surface area contributed by atoms with Crippen LogP contribution in [0.2, 0.25) is 0 Å². The third-order valence-corrected chi connectivity index (χ3v) is 4.56. The van der Waals surface area contributed by atoms with Gasteiger partial charge in [-0.1, -0.05) is 12.1 Å². The molecule has 0 aliphatic heterocycles. The van der Waals surface area contributed by atoms with Crippen LogP contribution in [0.5, 0.6) is 0 Å². The maximum absolute atomic E-state index is 12.5. The number of carbonyl (C=O) groups excluding carboxylic acids is 1. The Morgan fingerprint density at radius 1 is 1.00 bits per heavy atom. The molecule has 1 heterocycles. The number of anilines is 4. The zero-order chi connectivity index (χ0) is 20.1. The normalized spacial score (nSPS) is 10.4. The first-order valence-electron chi connectivity index (χ1n) is 9.37. The predicted molar refractivity (Wildman–Crippen MR) is 117 cm³/mol. The van der Waals surface area contributed by atoms with E-state index in [0.717, 1.165) is 29.4 Å². The van der Waals surface area contributed by atoms with Crippen molar-refractivity contribution in [1.29, 1.82) is 0 Å². The van der Waals surface area contributed by atoms with Gasteiger partial charge in [0.25, 0.3) is 5.91 Å². The van der Waals surface area contributed by atoms with Crippen molar-refractivity contribution in [3.05, 3.63) is 78.0 Å². The lowest BCUT2D eigenvalue weighted by Crippen LogP contribution is -2.18. The van der Waals surface area contributed by atoms with Crippen LogP contribution in [0.3, 0.4) is 0 Å². The number of nitrogens with zero attached hydrogens (tertiary/aromatic N) is 3. The zero-order valence-corrected chi connectivity index (χ0v) is 16.8. The quantitative estimate of drug-likeness (QED) is 0.669. The zero-order valence-electron chi connectivity index (χ0n) is 16.8. The summed E-state index contributed by atoms with van der Waals surface area (Å²) in [6.07, 6.45) is 1.62. The molecule has 1 N–H and O–H groups in total. The lowest BCUT2D eigenvalue weighted by atomic mass is 10.2. The summed E-state index contributed by atoms with van der Waals surface area (Å²) >= 11 is 0. The summed E-state index contributed by atoms with van der Waals surface area (Å²) in [6.45, 7) is 4.95. The number of aryl methyl sites for hydroxylation is 1. The summed E-state index contributed by atoms with van der Waals surface area (Å²) in [7, 11) is 3.97. The predicted octanol–water partition coefficient (Wildman–Crippen LogP) is 4.87. The molecule has 0 saturated heterocycles. The number of rotatable bonds is 6. The maximum atomic E-state index is 12.5. The molecule has 3 aromatic rings. The number of amides is 1. The summed E-state index contributed by atoms with van der Waals surface area (Å²) < 4.78 is 0. The molecule has 1 amide bonds. The molecule has 0 aliphatic carbocycles. The van der Waals surface area contributed by atoms with Crippen molar-refractivity contribution >= 4 is 28.8 Å². The van der Waals surface area contributed by atoms with Crippen LogP contribution in [0.15, 0.2) is 66.9 Å². The highest BCUT2D eigenvalue weighted by molar-refractivity contribution is 6.04. The minimum atomic E-state index is -0.171. The minimum absolute atomic E-state index is 0.171. The minimum Gasteiger partial charge on any atom is -0.378 e. The standard InChI is InChI=1S/C23H26N4O/c1-5-27(21-8-6-7-17(2)15-21)22-14-9-18(16-24-22)23(28)25-19-10-12-20(13-11-19)26(3)4/h6-16H,5H2,1-4H3,(H,25,28). The van der Waals surface area contributed by atoms with Crippen LogP contribution < -0.4 is 15.1 Å².